The zero-order valence-corrected chi connectivity index (χ0v) is 17.0. The third-order valence-corrected chi connectivity index (χ3v) is 5.79. The Morgan fingerprint density at radius 1 is 1.04 bits per heavy atom. The van der Waals surface area contributed by atoms with Gasteiger partial charge in [-0.15, -0.1) is 0 Å². The lowest BCUT2D eigenvalue weighted by atomic mass is 10.1. The van der Waals surface area contributed by atoms with E-state index >= 15 is 0 Å². The Hall–Kier alpha value is -2.18. The normalized spacial score (nSPS) is 11.6. The zero-order valence-electron chi connectivity index (χ0n) is 16.2. The molecule has 0 heterocycles. The minimum atomic E-state index is -3.55. The molecule has 2 rings (SSSR count). The monoisotopic (exact) mass is 388 g/mol. The highest BCUT2D eigenvalue weighted by molar-refractivity contribution is 7.89. The van der Waals surface area contributed by atoms with Gasteiger partial charge in [0.25, 0.3) is 5.91 Å². The van der Waals surface area contributed by atoms with Gasteiger partial charge < -0.3 is 4.90 Å². The molecular formula is C21H28N2O3S. The first-order valence-corrected chi connectivity index (χ1v) is 10.7. The third kappa shape index (κ3) is 6.19. The number of amides is 1. The summed E-state index contributed by atoms with van der Waals surface area (Å²) in [5, 5.41) is 0. The number of sulfonamides is 1. The summed E-state index contributed by atoms with van der Waals surface area (Å²) in [5.74, 6) is 0.315. The van der Waals surface area contributed by atoms with Crippen LogP contribution in [0.15, 0.2) is 59.5 Å². The van der Waals surface area contributed by atoms with Crippen molar-refractivity contribution in [3.05, 3.63) is 65.7 Å². The Morgan fingerprint density at radius 3 is 2.22 bits per heavy atom. The molecule has 0 aliphatic carbocycles. The summed E-state index contributed by atoms with van der Waals surface area (Å²) in [7, 11) is -3.55. The first-order valence-electron chi connectivity index (χ1n) is 9.26. The number of benzene rings is 2. The zero-order chi connectivity index (χ0) is 19.9. The Balaban J connectivity index is 2.07. The lowest BCUT2D eigenvalue weighted by Gasteiger charge is -2.21. The number of carbonyl (C=O) groups is 1. The van der Waals surface area contributed by atoms with Crippen molar-refractivity contribution < 1.29 is 13.2 Å². The van der Waals surface area contributed by atoms with Crippen LogP contribution in [-0.2, 0) is 16.6 Å². The van der Waals surface area contributed by atoms with Gasteiger partial charge in [-0.05, 0) is 49.1 Å². The molecule has 146 valence electrons. The molecule has 0 radical (unpaired) electrons. The van der Waals surface area contributed by atoms with E-state index in [4.69, 9.17) is 0 Å². The number of nitrogens with one attached hydrogen (secondary N) is 1. The van der Waals surface area contributed by atoms with Gasteiger partial charge in [0.05, 0.1) is 4.90 Å². The quantitative estimate of drug-likeness (QED) is 0.713. The van der Waals surface area contributed by atoms with Gasteiger partial charge in [0, 0.05) is 25.2 Å². The van der Waals surface area contributed by atoms with E-state index in [0.717, 1.165) is 12.0 Å². The Bertz CT molecular complexity index is 831. The van der Waals surface area contributed by atoms with Crippen LogP contribution in [0.25, 0.3) is 0 Å². The average molecular weight is 389 g/mol. The van der Waals surface area contributed by atoms with E-state index in [-0.39, 0.29) is 10.8 Å². The van der Waals surface area contributed by atoms with Crippen LogP contribution < -0.4 is 4.72 Å². The molecule has 0 aromatic heterocycles. The Kier molecular flexibility index (Phi) is 7.56. The summed E-state index contributed by atoms with van der Waals surface area (Å²) in [6.07, 6.45) is 0.779. The predicted octanol–water partition coefficient (Wildman–Crippen LogP) is 3.67. The van der Waals surface area contributed by atoms with E-state index in [9.17, 15) is 13.2 Å². The molecule has 1 amide bonds. The fourth-order valence-corrected chi connectivity index (χ4v) is 3.70. The van der Waals surface area contributed by atoms with Crippen LogP contribution >= 0.6 is 0 Å². The van der Waals surface area contributed by atoms with Crippen molar-refractivity contribution >= 4 is 15.9 Å². The molecule has 0 bridgehead atoms. The van der Waals surface area contributed by atoms with E-state index in [1.807, 2.05) is 51.1 Å². The topological polar surface area (TPSA) is 66.5 Å². The second-order valence-corrected chi connectivity index (χ2v) is 8.68. The van der Waals surface area contributed by atoms with Gasteiger partial charge >= 0.3 is 0 Å². The second-order valence-electron chi connectivity index (χ2n) is 6.91. The van der Waals surface area contributed by atoms with Crippen LogP contribution in [-0.4, -0.2) is 32.3 Å². The lowest BCUT2D eigenvalue weighted by molar-refractivity contribution is 0.0752. The molecule has 6 heteroatoms. The highest BCUT2D eigenvalue weighted by Gasteiger charge is 2.17. The molecule has 0 aliphatic heterocycles. The van der Waals surface area contributed by atoms with E-state index in [1.54, 1.807) is 17.0 Å². The van der Waals surface area contributed by atoms with Crippen LogP contribution in [0.5, 0.6) is 0 Å². The highest BCUT2D eigenvalue weighted by atomic mass is 32.2. The van der Waals surface area contributed by atoms with Crippen LogP contribution in [0.4, 0.5) is 0 Å². The van der Waals surface area contributed by atoms with Gasteiger partial charge in [-0.1, -0.05) is 44.2 Å². The fourth-order valence-electron chi connectivity index (χ4n) is 2.66. The highest BCUT2D eigenvalue weighted by Crippen LogP contribution is 2.14. The summed E-state index contributed by atoms with van der Waals surface area (Å²) in [4.78, 5) is 14.7. The van der Waals surface area contributed by atoms with E-state index in [0.29, 0.717) is 31.1 Å². The number of hydrogen-bond acceptors (Lipinski definition) is 3. The summed E-state index contributed by atoms with van der Waals surface area (Å²) in [6.45, 7) is 7.52. The smallest absolute Gasteiger partial charge is 0.254 e. The van der Waals surface area contributed by atoms with Crippen molar-refractivity contribution in [2.45, 2.75) is 38.6 Å². The molecule has 2 aromatic rings. The SMILES string of the molecule is CCN(Cc1ccccc1)C(=O)c1ccc(S(=O)(=O)NCCC(C)C)cc1. The molecule has 0 atom stereocenters. The Morgan fingerprint density at radius 2 is 1.67 bits per heavy atom. The van der Waals surface area contributed by atoms with Gasteiger partial charge in [-0.3, -0.25) is 4.79 Å². The third-order valence-electron chi connectivity index (χ3n) is 4.31. The molecular weight excluding hydrogens is 360 g/mol. The minimum Gasteiger partial charge on any atom is -0.335 e. The van der Waals surface area contributed by atoms with Crippen LogP contribution in [0.3, 0.4) is 0 Å². The number of nitrogens with zero attached hydrogens (tertiary/aromatic N) is 1. The minimum absolute atomic E-state index is 0.113. The molecule has 0 saturated heterocycles. The average Bonchev–Trinajstić information content (AvgIpc) is 2.66. The van der Waals surface area contributed by atoms with Crippen molar-refractivity contribution in [2.24, 2.45) is 5.92 Å². The summed E-state index contributed by atoms with van der Waals surface area (Å²) < 4.78 is 27.2. The largest absolute Gasteiger partial charge is 0.335 e. The van der Waals surface area contributed by atoms with Crippen molar-refractivity contribution in [1.82, 2.24) is 9.62 Å². The maximum Gasteiger partial charge on any atom is 0.254 e. The number of carbonyl (C=O) groups excluding carboxylic acids is 1. The summed E-state index contributed by atoms with van der Waals surface area (Å²) in [5.41, 5.74) is 1.54. The van der Waals surface area contributed by atoms with Crippen LogP contribution in [0.1, 0.15) is 43.1 Å². The molecule has 0 aliphatic rings. The number of rotatable bonds is 9. The van der Waals surface area contributed by atoms with Crippen molar-refractivity contribution in [3.8, 4) is 0 Å². The molecule has 0 saturated carbocycles. The molecule has 2 aromatic carbocycles. The first-order chi connectivity index (χ1) is 12.8. The standard InChI is InChI=1S/C21H28N2O3S/c1-4-23(16-18-8-6-5-7-9-18)21(24)19-10-12-20(13-11-19)27(25,26)22-15-14-17(2)3/h5-13,17,22H,4,14-16H2,1-3H3. The van der Waals surface area contributed by atoms with Gasteiger partial charge in [-0.2, -0.15) is 0 Å². The van der Waals surface area contributed by atoms with Crippen molar-refractivity contribution in [1.29, 1.82) is 0 Å². The van der Waals surface area contributed by atoms with Crippen molar-refractivity contribution in [3.63, 3.8) is 0 Å². The van der Waals surface area contributed by atoms with Gasteiger partial charge in [0.15, 0.2) is 0 Å². The van der Waals surface area contributed by atoms with E-state index in [1.165, 1.54) is 12.1 Å². The molecule has 0 spiro atoms. The molecule has 0 fully saturated rings. The van der Waals surface area contributed by atoms with E-state index < -0.39 is 10.0 Å². The molecule has 5 nitrogen and oxygen atoms in total. The van der Waals surface area contributed by atoms with Gasteiger partial charge in [0.2, 0.25) is 10.0 Å². The van der Waals surface area contributed by atoms with Crippen molar-refractivity contribution in [2.75, 3.05) is 13.1 Å². The molecule has 0 unspecified atom stereocenters. The van der Waals surface area contributed by atoms with Crippen LogP contribution in [0.2, 0.25) is 0 Å². The van der Waals surface area contributed by atoms with Gasteiger partial charge in [-0.25, -0.2) is 13.1 Å². The molecule has 27 heavy (non-hydrogen) atoms. The second kappa shape index (κ2) is 9.67. The maximum absolute atomic E-state index is 12.7. The summed E-state index contributed by atoms with van der Waals surface area (Å²) >= 11 is 0. The lowest BCUT2D eigenvalue weighted by Crippen LogP contribution is -2.30. The number of hydrogen-bond donors (Lipinski definition) is 1. The fraction of sp³-hybridized carbons (Fsp3) is 0.381. The van der Waals surface area contributed by atoms with E-state index in [2.05, 4.69) is 4.72 Å². The first kappa shape index (κ1) is 21.1. The predicted molar refractivity (Wildman–Crippen MR) is 108 cm³/mol. The maximum atomic E-state index is 12.7. The summed E-state index contributed by atoms with van der Waals surface area (Å²) in [6, 6.07) is 15.9. The van der Waals surface area contributed by atoms with Crippen LogP contribution in [0, 0.1) is 5.92 Å². The Labute approximate surface area is 162 Å². The molecule has 1 N–H and O–H groups in total. The van der Waals surface area contributed by atoms with Gasteiger partial charge in [0.1, 0.15) is 0 Å².